The van der Waals surface area contributed by atoms with Crippen molar-refractivity contribution in [3.63, 3.8) is 0 Å². The maximum Gasteiger partial charge on any atom is 0.251 e. The quantitative estimate of drug-likeness (QED) is 0.341. The normalized spacial score (nSPS) is 11.1. The molecule has 2 aromatic carbocycles. The minimum atomic E-state index is -0.238. The Bertz CT molecular complexity index is 791. The number of aryl methyl sites for hydroxylation is 1. The van der Waals surface area contributed by atoms with Crippen LogP contribution in [0.1, 0.15) is 28.4 Å². The molecule has 2 rings (SSSR count). The Labute approximate surface area is 158 Å². The van der Waals surface area contributed by atoms with Gasteiger partial charge in [0.05, 0.1) is 6.54 Å². The van der Waals surface area contributed by atoms with Crippen LogP contribution in [0.2, 0.25) is 0 Å². The molecule has 0 unspecified atom stereocenters. The molecular weight excluding hydrogens is 347 g/mol. The lowest BCUT2D eigenvalue weighted by Gasteiger charge is -2.12. The van der Waals surface area contributed by atoms with E-state index in [0.29, 0.717) is 43.3 Å². The molecule has 144 valence electrons. The smallest absolute Gasteiger partial charge is 0.251 e. The number of guanidine groups is 1. The van der Waals surface area contributed by atoms with E-state index in [4.69, 9.17) is 0 Å². The molecule has 0 fully saturated rings. The molecule has 0 atom stereocenters. The number of amides is 1. The molecule has 0 spiro atoms. The third kappa shape index (κ3) is 6.62. The van der Waals surface area contributed by atoms with E-state index in [0.717, 1.165) is 5.56 Å². The van der Waals surface area contributed by atoms with Gasteiger partial charge in [0.25, 0.3) is 5.91 Å². The molecule has 2 aromatic rings. The van der Waals surface area contributed by atoms with E-state index >= 15 is 0 Å². The number of phenols is 1. The fourth-order valence-electron chi connectivity index (χ4n) is 2.32. The van der Waals surface area contributed by atoms with Crippen LogP contribution in [0.15, 0.2) is 47.5 Å². The largest absolute Gasteiger partial charge is 0.508 e. The average molecular weight is 372 g/mol. The van der Waals surface area contributed by atoms with Crippen molar-refractivity contribution in [3.05, 3.63) is 65.0 Å². The predicted molar refractivity (Wildman–Crippen MR) is 104 cm³/mol. The number of halogens is 1. The monoisotopic (exact) mass is 372 g/mol. The number of carbonyl (C=O) groups is 1. The summed E-state index contributed by atoms with van der Waals surface area (Å²) in [6, 6.07) is 11.1. The highest BCUT2D eigenvalue weighted by atomic mass is 19.1. The molecule has 0 saturated carbocycles. The number of phenolic OH excluding ortho intramolecular Hbond substituents is 1. The first kappa shape index (κ1) is 20.2. The maximum atomic E-state index is 13.6. The molecule has 0 bridgehead atoms. The van der Waals surface area contributed by atoms with Gasteiger partial charge in [-0.2, -0.15) is 0 Å². The molecule has 6 nitrogen and oxygen atoms in total. The standard InChI is InChI=1S/C20H25FN4O2/c1-3-22-20(25-13-15-5-4-14(2)18(21)12-15)24-11-10-23-19(27)16-6-8-17(26)9-7-16/h4-9,12,26H,3,10-11,13H2,1-2H3,(H,23,27)(H2,22,24,25). The van der Waals surface area contributed by atoms with Crippen molar-refractivity contribution in [2.45, 2.75) is 20.4 Å². The summed E-state index contributed by atoms with van der Waals surface area (Å²) in [4.78, 5) is 16.4. The van der Waals surface area contributed by atoms with E-state index < -0.39 is 0 Å². The van der Waals surface area contributed by atoms with Gasteiger partial charge in [-0.05, 0) is 55.3 Å². The Morgan fingerprint density at radius 1 is 1.07 bits per heavy atom. The second-order valence-electron chi connectivity index (χ2n) is 6.01. The van der Waals surface area contributed by atoms with Gasteiger partial charge in [0, 0.05) is 25.2 Å². The predicted octanol–water partition coefficient (Wildman–Crippen LogP) is 2.32. The van der Waals surface area contributed by atoms with E-state index in [2.05, 4.69) is 20.9 Å². The van der Waals surface area contributed by atoms with E-state index in [1.807, 2.05) is 13.0 Å². The van der Waals surface area contributed by atoms with Crippen molar-refractivity contribution < 1.29 is 14.3 Å². The highest BCUT2D eigenvalue weighted by Gasteiger charge is 2.05. The van der Waals surface area contributed by atoms with Crippen molar-refractivity contribution in [3.8, 4) is 5.75 Å². The summed E-state index contributed by atoms with van der Waals surface area (Å²) >= 11 is 0. The molecule has 0 aromatic heterocycles. The van der Waals surface area contributed by atoms with Crippen LogP contribution >= 0.6 is 0 Å². The van der Waals surface area contributed by atoms with E-state index in [1.165, 1.54) is 18.2 Å². The van der Waals surface area contributed by atoms with Gasteiger partial charge in [-0.25, -0.2) is 9.38 Å². The zero-order valence-corrected chi connectivity index (χ0v) is 15.6. The summed E-state index contributed by atoms with van der Waals surface area (Å²) in [6.45, 7) is 5.61. The number of hydrogen-bond acceptors (Lipinski definition) is 3. The summed E-state index contributed by atoms with van der Waals surface area (Å²) in [6.07, 6.45) is 0. The Kier molecular flexibility index (Phi) is 7.61. The van der Waals surface area contributed by atoms with Crippen LogP contribution in [0.4, 0.5) is 4.39 Å². The lowest BCUT2D eigenvalue weighted by molar-refractivity contribution is 0.0954. The topological polar surface area (TPSA) is 85.8 Å². The SMILES string of the molecule is CCNC(=NCc1ccc(C)c(F)c1)NCCNC(=O)c1ccc(O)cc1. The van der Waals surface area contributed by atoms with E-state index in [1.54, 1.807) is 25.1 Å². The zero-order chi connectivity index (χ0) is 19.6. The number of aromatic hydroxyl groups is 1. The van der Waals surface area contributed by atoms with Gasteiger partial charge in [0.1, 0.15) is 11.6 Å². The lowest BCUT2D eigenvalue weighted by Crippen LogP contribution is -2.41. The number of nitrogens with zero attached hydrogens (tertiary/aromatic N) is 1. The molecular formula is C20H25FN4O2. The highest BCUT2D eigenvalue weighted by Crippen LogP contribution is 2.10. The fourth-order valence-corrected chi connectivity index (χ4v) is 2.32. The molecule has 0 aliphatic heterocycles. The fraction of sp³-hybridized carbons (Fsp3) is 0.300. The minimum Gasteiger partial charge on any atom is -0.508 e. The van der Waals surface area contributed by atoms with Crippen LogP contribution in [-0.2, 0) is 6.54 Å². The third-order valence-corrected chi connectivity index (χ3v) is 3.83. The highest BCUT2D eigenvalue weighted by molar-refractivity contribution is 5.94. The van der Waals surface area contributed by atoms with Gasteiger partial charge in [-0.3, -0.25) is 4.79 Å². The average Bonchev–Trinajstić information content (AvgIpc) is 2.66. The molecule has 7 heteroatoms. The van der Waals surface area contributed by atoms with Crippen LogP contribution in [0.5, 0.6) is 5.75 Å². The second kappa shape index (κ2) is 10.2. The number of rotatable bonds is 7. The number of aliphatic imine (C=N–C) groups is 1. The van der Waals surface area contributed by atoms with Gasteiger partial charge < -0.3 is 21.1 Å². The zero-order valence-electron chi connectivity index (χ0n) is 15.6. The summed E-state index contributed by atoms with van der Waals surface area (Å²) in [7, 11) is 0. The van der Waals surface area contributed by atoms with Crippen LogP contribution in [0.3, 0.4) is 0 Å². The van der Waals surface area contributed by atoms with Gasteiger partial charge in [0.2, 0.25) is 0 Å². The maximum absolute atomic E-state index is 13.6. The molecule has 0 saturated heterocycles. The van der Waals surface area contributed by atoms with Crippen LogP contribution < -0.4 is 16.0 Å². The lowest BCUT2D eigenvalue weighted by atomic mass is 10.1. The van der Waals surface area contributed by atoms with Crippen LogP contribution in [-0.4, -0.2) is 36.6 Å². The molecule has 4 N–H and O–H groups in total. The van der Waals surface area contributed by atoms with Crippen molar-refractivity contribution in [2.24, 2.45) is 4.99 Å². The summed E-state index contributed by atoms with van der Waals surface area (Å²) in [5.74, 6) is 0.261. The van der Waals surface area contributed by atoms with Gasteiger partial charge in [-0.1, -0.05) is 12.1 Å². The van der Waals surface area contributed by atoms with Crippen molar-refractivity contribution in [1.29, 1.82) is 0 Å². The van der Waals surface area contributed by atoms with Gasteiger partial charge in [0.15, 0.2) is 5.96 Å². The van der Waals surface area contributed by atoms with Crippen molar-refractivity contribution >= 4 is 11.9 Å². The third-order valence-electron chi connectivity index (χ3n) is 3.83. The van der Waals surface area contributed by atoms with Crippen molar-refractivity contribution in [1.82, 2.24) is 16.0 Å². The van der Waals surface area contributed by atoms with Gasteiger partial charge in [-0.15, -0.1) is 0 Å². The number of nitrogens with one attached hydrogen (secondary N) is 3. The number of benzene rings is 2. The second-order valence-corrected chi connectivity index (χ2v) is 6.01. The molecule has 0 heterocycles. The van der Waals surface area contributed by atoms with Crippen molar-refractivity contribution in [2.75, 3.05) is 19.6 Å². The molecule has 0 radical (unpaired) electrons. The Morgan fingerprint density at radius 2 is 1.78 bits per heavy atom. The first-order chi connectivity index (χ1) is 13.0. The Morgan fingerprint density at radius 3 is 2.44 bits per heavy atom. The summed E-state index contributed by atoms with van der Waals surface area (Å²) in [5, 5.41) is 18.3. The van der Waals surface area contributed by atoms with Crippen LogP contribution in [0.25, 0.3) is 0 Å². The first-order valence-corrected chi connectivity index (χ1v) is 8.84. The minimum absolute atomic E-state index is 0.119. The van der Waals surface area contributed by atoms with E-state index in [9.17, 15) is 14.3 Å². The van der Waals surface area contributed by atoms with Crippen LogP contribution in [0, 0.1) is 12.7 Å². The van der Waals surface area contributed by atoms with E-state index in [-0.39, 0.29) is 17.5 Å². The summed E-state index contributed by atoms with van der Waals surface area (Å²) in [5.41, 5.74) is 1.88. The number of hydrogen-bond donors (Lipinski definition) is 4. The first-order valence-electron chi connectivity index (χ1n) is 8.84. The molecule has 1 amide bonds. The molecule has 0 aliphatic rings. The van der Waals surface area contributed by atoms with Gasteiger partial charge >= 0.3 is 0 Å². The molecule has 0 aliphatic carbocycles. The Hall–Kier alpha value is -3.09. The molecule has 27 heavy (non-hydrogen) atoms. The summed E-state index contributed by atoms with van der Waals surface area (Å²) < 4.78 is 13.6. The number of carbonyl (C=O) groups excluding carboxylic acids is 1. The Balaban J connectivity index is 1.82.